The number of likely N-dealkylation sites (tertiary alicyclic amines) is 1. The predicted molar refractivity (Wildman–Crippen MR) is 89.6 cm³/mol. The van der Waals surface area contributed by atoms with Gasteiger partial charge in [0.15, 0.2) is 0 Å². The number of aliphatic hydroxyl groups excluding tert-OH is 1. The highest BCUT2D eigenvalue weighted by atomic mass is 35.5. The van der Waals surface area contributed by atoms with Crippen LogP contribution in [-0.2, 0) is 9.59 Å². The first kappa shape index (κ1) is 17.1. The number of nitrogens with zero attached hydrogens (tertiary/aromatic N) is 2. The number of hydrogen-bond acceptors (Lipinski definition) is 5. The molecule has 1 aromatic rings. The van der Waals surface area contributed by atoms with Gasteiger partial charge in [-0.2, -0.15) is 0 Å². The lowest BCUT2D eigenvalue weighted by Crippen LogP contribution is -2.49. The van der Waals surface area contributed by atoms with Crippen LogP contribution in [0.1, 0.15) is 19.3 Å². The number of rotatable bonds is 3. The average molecular weight is 353 g/mol. The fourth-order valence-corrected chi connectivity index (χ4v) is 3.31. The van der Waals surface area contributed by atoms with Crippen molar-refractivity contribution >= 4 is 29.2 Å². The number of carbonyl (C=O) groups excluding carboxylic acids is 2. The molecule has 130 valence electrons. The molecule has 1 aromatic heterocycles. The molecule has 3 heterocycles. The summed E-state index contributed by atoms with van der Waals surface area (Å²) in [7, 11) is 0. The van der Waals surface area contributed by atoms with E-state index in [-0.39, 0.29) is 23.8 Å². The molecule has 7 nitrogen and oxygen atoms in total. The predicted octanol–water partition coefficient (Wildman–Crippen LogP) is 0.635. The van der Waals surface area contributed by atoms with Crippen LogP contribution in [-0.4, -0.2) is 58.6 Å². The molecule has 0 bridgehead atoms. The molecule has 3 unspecified atom stereocenters. The topological polar surface area (TPSA) is 94.6 Å². The summed E-state index contributed by atoms with van der Waals surface area (Å²) in [5.41, 5.74) is 0. The van der Waals surface area contributed by atoms with Gasteiger partial charge in [0.25, 0.3) is 0 Å². The van der Waals surface area contributed by atoms with Crippen molar-refractivity contribution < 1.29 is 14.7 Å². The molecule has 2 aliphatic heterocycles. The lowest BCUT2D eigenvalue weighted by Gasteiger charge is -2.33. The normalized spacial score (nSPS) is 27.1. The Bertz CT molecular complexity index is 610. The molecule has 0 aliphatic carbocycles. The largest absolute Gasteiger partial charge is 0.392 e. The van der Waals surface area contributed by atoms with Gasteiger partial charge >= 0.3 is 0 Å². The summed E-state index contributed by atoms with van der Waals surface area (Å²) in [6, 6.07) is 2.97. The Labute approximate surface area is 145 Å². The summed E-state index contributed by atoms with van der Waals surface area (Å²) in [5, 5.41) is 15.9. The number of anilines is 1. The molecular weight excluding hydrogens is 332 g/mol. The summed E-state index contributed by atoms with van der Waals surface area (Å²) >= 11 is 5.78. The number of halogens is 1. The molecule has 0 radical (unpaired) electrons. The summed E-state index contributed by atoms with van der Waals surface area (Å²) < 4.78 is 0. The number of pyridine rings is 1. The molecule has 24 heavy (non-hydrogen) atoms. The third-order valence-corrected chi connectivity index (χ3v) is 4.71. The van der Waals surface area contributed by atoms with Crippen LogP contribution in [0.2, 0.25) is 5.02 Å². The van der Waals surface area contributed by atoms with E-state index in [2.05, 4.69) is 15.6 Å². The number of piperidine rings is 1. The fourth-order valence-electron chi connectivity index (χ4n) is 3.19. The maximum Gasteiger partial charge on any atom is 0.239 e. The van der Waals surface area contributed by atoms with Gasteiger partial charge in [-0.1, -0.05) is 11.6 Å². The Hall–Kier alpha value is -1.70. The minimum Gasteiger partial charge on any atom is -0.392 e. The highest BCUT2D eigenvalue weighted by molar-refractivity contribution is 6.30. The van der Waals surface area contributed by atoms with Gasteiger partial charge in [0.1, 0.15) is 5.82 Å². The van der Waals surface area contributed by atoms with Gasteiger partial charge in [-0.25, -0.2) is 4.98 Å². The molecule has 3 rings (SSSR count). The Morgan fingerprint density at radius 3 is 2.92 bits per heavy atom. The van der Waals surface area contributed by atoms with E-state index in [1.165, 1.54) is 6.20 Å². The zero-order chi connectivity index (χ0) is 17.1. The molecule has 3 atom stereocenters. The quantitative estimate of drug-likeness (QED) is 0.742. The molecule has 0 spiro atoms. The highest BCUT2D eigenvalue weighted by Gasteiger charge is 2.35. The van der Waals surface area contributed by atoms with Crippen molar-refractivity contribution in [1.29, 1.82) is 0 Å². The Morgan fingerprint density at radius 1 is 1.42 bits per heavy atom. The maximum absolute atomic E-state index is 12.5. The Balaban J connectivity index is 1.57. The van der Waals surface area contributed by atoms with Crippen LogP contribution >= 0.6 is 11.6 Å². The summed E-state index contributed by atoms with van der Waals surface area (Å²) in [6.07, 6.45) is 2.96. The van der Waals surface area contributed by atoms with Gasteiger partial charge in [-0.15, -0.1) is 0 Å². The van der Waals surface area contributed by atoms with Crippen molar-refractivity contribution in [3.63, 3.8) is 0 Å². The first-order valence-corrected chi connectivity index (χ1v) is 8.53. The molecule has 2 amide bonds. The van der Waals surface area contributed by atoms with E-state index in [1.807, 2.05) is 0 Å². The molecule has 2 aliphatic rings. The van der Waals surface area contributed by atoms with E-state index in [0.29, 0.717) is 36.9 Å². The monoisotopic (exact) mass is 352 g/mol. The summed E-state index contributed by atoms with van der Waals surface area (Å²) in [6.45, 7) is 1.49. The van der Waals surface area contributed by atoms with Crippen LogP contribution in [0.5, 0.6) is 0 Å². The number of aromatic nitrogens is 1. The number of nitrogens with one attached hydrogen (secondary N) is 2. The van der Waals surface area contributed by atoms with Crippen molar-refractivity contribution in [2.24, 2.45) is 5.92 Å². The number of carbonyl (C=O) groups is 2. The smallest absolute Gasteiger partial charge is 0.239 e. The van der Waals surface area contributed by atoms with Crippen molar-refractivity contribution in [1.82, 2.24) is 15.2 Å². The lowest BCUT2D eigenvalue weighted by atomic mass is 9.96. The van der Waals surface area contributed by atoms with Gasteiger partial charge in [-0.3, -0.25) is 9.59 Å². The Kier molecular flexibility index (Phi) is 5.33. The van der Waals surface area contributed by atoms with Gasteiger partial charge in [0, 0.05) is 25.8 Å². The standard InChI is InChI=1S/C16H21ClN4O3/c17-11-3-4-14(19-7-11)20-15(23)10-2-1-5-21(9-10)16(24)13-6-12(22)8-18-13/h3-4,7,10,12-13,18,22H,1-2,5-6,8-9H2,(H,19,20,23). The maximum atomic E-state index is 12.5. The lowest BCUT2D eigenvalue weighted by molar-refractivity contribution is -0.136. The highest BCUT2D eigenvalue weighted by Crippen LogP contribution is 2.21. The average Bonchev–Trinajstić information content (AvgIpc) is 3.03. The van der Waals surface area contributed by atoms with Crippen molar-refractivity contribution in [2.75, 3.05) is 25.0 Å². The van der Waals surface area contributed by atoms with Crippen LogP contribution in [0.25, 0.3) is 0 Å². The van der Waals surface area contributed by atoms with Crippen LogP contribution in [0.3, 0.4) is 0 Å². The molecule has 0 aromatic carbocycles. The molecule has 3 N–H and O–H groups in total. The van der Waals surface area contributed by atoms with E-state index >= 15 is 0 Å². The number of aliphatic hydroxyl groups is 1. The number of hydrogen-bond donors (Lipinski definition) is 3. The zero-order valence-electron chi connectivity index (χ0n) is 13.2. The van der Waals surface area contributed by atoms with E-state index in [0.717, 1.165) is 12.8 Å². The van der Waals surface area contributed by atoms with E-state index in [4.69, 9.17) is 11.6 Å². The van der Waals surface area contributed by atoms with Crippen molar-refractivity contribution in [2.45, 2.75) is 31.4 Å². The van der Waals surface area contributed by atoms with Gasteiger partial charge in [0.05, 0.1) is 23.1 Å². The third kappa shape index (κ3) is 4.03. The van der Waals surface area contributed by atoms with Crippen LogP contribution < -0.4 is 10.6 Å². The van der Waals surface area contributed by atoms with Crippen molar-refractivity contribution in [3.05, 3.63) is 23.4 Å². The summed E-state index contributed by atoms with van der Waals surface area (Å²) in [5.74, 6) is 0.0235. The zero-order valence-corrected chi connectivity index (χ0v) is 14.0. The molecule has 2 saturated heterocycles. The SMILES string of the molecule is O=C(Nc1ccc(Cl)cn1)C1CCCN(C(=O)C2CC(O)CN2)C1. The minimum absolute atomic E-state index is 0.0336. The van der Waals surface area contributed by atoms with Crippen LogP contribution in [0, 0.1) is 5.92 Å². The molecule has 2 fully saturated rings. The third-order valence-electron chi connectivity index (χ3n) is 4.49. The number of β-amino-alcohol motifs (C(OH)–C–C–N with tert-alkyl or cyclic N) is 1. The molecular formula is C16H21ClN4O3. The summed E-state index contributed by atoms with van der Waals surface area (Å²) in [4.78, 5) is 30.7. The first-order chi connectivity index (χ1) is 11.5. The number of amides is 2. The van der Waals surface area contributed by atoms with Crippen molar-refractivity contribution in [3.8, 4) is 0 Å². The second kappa shape index (κ2) is 7.46. The minimum atomic E-state index is -0.473. The van der Waals surface area contributed by atoms with Gasteiger partial charge < -0.3 is 20.6 Å². The van der Waals surface area contributed by atoms with E-state index in [9.17, 15) is 14.7 Å². The van der Waals surface area contributed by atoms with E-state index < -0.39 is 6.10 Å². The molecule has 8 heteroatoms. The molecule has 0 saturated carbocycles. The second-order valence-electron chi connectivity index (χ2n) is 6.32. The Morgan fingerprint density at radius 2 is 2.25 bits per heavy atom. The van der Waals surface area contributed by atoms with Gasteiger partial charge in [0.2, 0.25) is 11.8 Å². The van der Waals surface area contributed by atoms with Crippen LogP contribution in [0.15, 0.2) is 18.3 Å². The first-order valence-electron chi connectivity index (χ1n) is 8.15. The fraction of sp³-hybridized carbons (Fsp3) is 0.562. The van der Waals surface area contributed by atoms with E-state index in [1.54, 1.807) is 17.0 Å². The second-order valence-corrected chi connectivity index (χ2v) is 6.76. The van der Waals surface area contributed by atoms with Gasteiger partial charge in [-0.05, 0) is 31.4 Å². The van der Waals surface area contributed by atoms with Crippen LogP contribution in [0.4, 0.5) is 5.82 Å².